The van der Waals surface area contributed by atoms with E-state index in [0.29, 0.717) is 12.8 Å². The number of aromatic hydroxyl groups is 1. The zero-order valence-corrected chi connectivity index (χ0v) is 13.3. The third-order valence-corrected chi connectivity index (χ3v) is 2.98. The Morgan fingerprint density at radius 3 is 2.50 bits per heavy atom. The van der Waals surface area contributed by atoms with Crippen molar-refractivity contribution in [3.63, 3.8) is 0 Å². The van der Waals surface area contributed by atoms with Crippen LogP contribution in [0.25, 0.3) is 0 Å². The van der Waals surface area contributed by atoms with E-state index in [1.165, 1.54) is 6.07 Å². The number of carbonyl (C=O) groups excluding carboxylic acids is 1. The fourth-order valence-corrected chi connectivity index (χ4v) is 1.76. The van der Waals surface area contributed by atoms with Gasteiger partial charge in [-0.3, -0.25) is 10.1 Å². The monoisotopic (exact) mass is 309 g/mol. The van der Waals surface area contributed by atoms with Crippen molar-refractivity contribution in [3.8, 4) is 5.75 Å². The van der Waals surface area contributed by atoms with Crippen LogP contribution in [0.5, 0.6) is 5.75 Å². The Balaban J connectivity index is 2.73. The Bertz CT molecular complexity index is 548. The van der Waals surface area contributed by atoms with Gasteiger partial charge in [0.05, 0.1) is 11.6 Å². The number of aryl methyl sites for hydroxylation is 1. The number of hydrogen-bond donors (Lipinski definition) is 3. The summed E-state index contributed by atoms with van der Waals surface area (Å²) in [5.41, 5.74) is 0.445. The van der Waals surface area contributed by atoms with Gasteiger partial charge in [-0.2, -0.15) is 0 Å². The lowest BCUT2D eigenvalue weighted by molar-refractivity contribution is -0.141. The average molecular weight is 309 g/mol. The summed E-state index contributed by atoms with van der Waals surface area (Å²) in [7, 11) is 0. The zero-order valence-electron chi connectivity index (χ0n) is 13.3. The van der Waals surface area contributed by atoms with Crippen LogP contribution in [-0.4, -0.2) is 27.9 Å². The predicted octanol–water partition coefficient (Wildman–Crippen LogP) is 3.39. The minimum absolute atomic E-state index is 0.0686. The highest BCUT2D eigenvalue weighted by atomic mass is 16.6. The van der Waals surface area contributed by atoms with Gasteiger partial charge in [0.25, 0.3) is 0 Å². The third-order valence-electron chi connectivity index (χ3n) is 2.98. The van der Waals surface area contributed by atoms with Crippen LogP contribution in [0, 0.1) is 5.92 Å². The third kappa shape index (κ3) is 6.03. The van der Waals surface area contributed by atoms with E-state index < -0.39 is 23.6 Å². The first-order valence-corrected chi connectivity index (χ1v) is 7.13. The molecule has 0 saturated heterocycles. The highest BCUT2D eigenvalue weighted by Gasteiger charge is 2.17. The summed E-state index contributed by atoms with van der Waals surface area (Å²) < 4.78 is 5.13. The number of ether oxygens (including phenoxy) is 1. The van der Waals surface area contributed by atoms with Gasteiger partial charge in [0.15, 0.2) is 0 Å². The molecule has 0 spiro atoms. The summed E-state index contributed by atoms with van der Waals surface area (Å²) in [6.07, 6.45) is 0.363. The van der Waals surface area contributed by atoms with Gasteiger partial charge in [-0.15, -0.1) is 0 Å². The molecular weight excluding hydrogens is 286 g/mol. The van der Waals surface area contributed by atoms with Gasteiger partial charge >= 0.3 is 12.1 Å². The second-order valence-corrected chi connectivity index (χ2v) is 6.26. The maximum atomic E-state index is 11.7. The van der Waals surface area contributed by atoms with E-state index >= 15 is 0 Å². The van der Waals surface area contributed by atoms with Gasteiger partial charge in [-0.1, -0.05) is 13.0 Å². The highest BCUT2D eigenvalue weighted by molar-refractivity contribution is 5.87. The van der Waals surface area contributed by atoms with Crippen LogP contribution < -0.4 is 5.32 Å². The lowest BCUT2D eigenvalue weighted by Gasteiger charge is -2.20. The summed E-state index contributed by atoms with van der Waals surface area (Å²) in [5.74, 6) is -1.36. The molecule has 0 aliphatic carbocycles. The summed E-state index contributed by atoms with van der Waals surface area (Å²) in [5, 5.41) is 21.1. The van der Waals surface area contributed by atoms with Gasteiger partial charge in [0.1, 0.15) is 11.4 Å². The molecule has 22 heavy (non-hydrogen) atoms. The van der Waals surface area contributed by atoms with Crippen molar-refractivity contribution in [2.45, 2.75) is 46.1 Å². The molecule has 0 heterocycles. The Labute approximate surface area is 130 Å². The second kappa shape index (κ2) is 7.15. The minimum Gasteiger partial charge on any atom is -0.506 e. The number of carbonyl (C=O) groups is 2. The van der Waals surface area contributed by atoms with Gasteiger partial charge in [-0.05, 0) is 51.3 Å². The average Bonchev–Trinajstić information content (AvgIpc) is 2.36. The molecule has 0 bridgehead atoms. The van der Waals surface area contributed by atoms with Crippen LogP contribution in [0.15, 0.2) is 18.2 Å². The smallest absolute Gasteiger partial charge is 0.412 e. The van der Waals surface area contributed by atoms with Crippen molar-refractivity contribution >= 4 is 17.7 Å². The van der Waals surface area contributed by atoms with Crippen molar-refractivity contribution in [2.24, 2.45) is 5.92 Å². The van der Waals surface area contributed by atoms with E-state index in [2.05, 4.69) is 5.32 Å². The van der Waals surface area contributed by atoms with Crippen molar-refractivity contribution in [2.75, 3.05) is 5.32 Å². The number of aliphatic carboxylic acids is 1. The normalized spacial score (nSPS) is 12.5. The topological polar surface area (TPSA) is 95.9 Å². The summed E-state index contributed by atoms with van der Waals surface area (Å²) in [4.78, 5) is 22.5. The van der Waals surface area contributed by atoms with Crippen molar-refractivity contribution in [3.05, 3.63) is 23.8 Å². The van der Waals surface area contributed by atoms with E-state index in [1.54, 1.807) is 39.8 Å². The molecule has 1 amide bonds. The van der Waals surface area contributed by atoms with Crippen molar-refractivity contribution in [1.82, 2.24) is 0 Å². The summed E-state index contributed by atoms with van der Waals surface area (Å²) in [6, 6.07) is 4.78. The highest BCUT2D eigenvalue weighted by Crippen LogP contribution is 2.26. The molecule has 1 atom stereocenters. The number of phenols is 1. The number of amides is 1. The van der Waals surface area contributed by atoms with Gasteiger partial charge in [0.2, 0.25) is 0 Å². The lowest BCUT2D eigenvalue weighted by atomic mass is 10.0. The molecule has 1 unspecified atom stereocenters. The van der Waals surface area contributed by atoms with Crippen LogP contribution in [-0.2, 0) is 16.0 Å². The first-order valence-electron chi connectivity index (χ1n) is 7.13. The number of anilines is 1. The number of carboxylic acid groups (broad SMARTS) is 1. The molecule has 0 aromatic heterocycles. The Kier molecular flexibility index (Phi) is 5.79. The van der Waals surface area contributed by atoms with E-state index in [-0.39, 0.29) is 11.4 Å². The molecule has 3 N–H and O–H groups in total. The first-order chi connectivity index (χ1) is 10.1. The predicted molar refractivity (Wildman–Crippen MR) is 83.1 cm³/mol. The van der Waals surface area contributed by atoms with Crippen molar-refractivity contribution in [1.29, 1.82) is 0 Å². The largest absolute Gasteiger partial charge is 0.506 e. The molecule has 6 heteroatoms. The minimum atomic E-state index is -0.842. The molecular formula is C16H23NO5. The molecule has 0 fully saturated rings. The molecule has 0 aliphatic rings. The molecule has 0 aliphatic heterocycles. The molecule has 0 saturated carbocycles. The molecule has 0 radical (unpaired) electrons. The summed E-state index contributed by atoms with van der Waals surface area (Å²) in [6.45, 7) is 6.88. The number of carboxylic acids is 1. The Morgan fingerprint density at radius 2 is 1.95 bits per heavy atom. The van der Waals surface area contributed by atoms with E-state index in [1.807, 2.05) is 0 Å². The van der Waals surface area contributed by atoms with Gasteiger partial charge in [-0.25, -0.2) is 4.79 Å². The lowest BCUT2D eigenvalue weighted by Crippen LogP contribution is -2.27. The number of rotatable bonds is 5. The molecule has 1 aromatic carbocycles. The SMILES string of the molecule is CC(CCc1ccc(O)c(NC(=O)OC(C)(C)C)c1)C(=O)O. The number of phenolic OH excluding ortho intramolecular Hbond substituents is 1. The fraction of sp³-hybridized carbons (Fsp3) is 0.500. The maximum absolute atomic E-state index is 11.7. The molecule has 1 aromatic rings. The quantitative estimate of drug-likeness (QED) is 0.724. The molecule has 1 rings (SSSR count). The maximum Gasteiger partial charge on any atom is 0.412 e. The van der Waals surface area contributed by atoms with E-state index in [0.717, 1.165) is 5.56 Å². The van der Waals surface area contributed by atoms with Crippen molar-refractivity contribution < 1.29 is 24.5 Å². The van der Waals surface area contributed by atoms with Crippen LogP contribution >= 0.6 is 0 Å². The van der Waals surface area contributed by atoms with Crippen LogP contribution in [0.3, 0.4) is 0 Å². The molecule has 6 nitrogen and oxygen atoms in total. The second-order valence-electron chi connectivity index (χ2n) is 6.26. The fourth-order valence-electron chi connectivity index (χ4n) is 1.76. The van der Waals surface area contributed by atoms with E-state index in [9.17, 15) is 14.7 Å². The van der Waals surface area contributed by atoms with Gasteiger partial charge < -0.3 is 14.9 Å². The Morgan fingerprint density at radius 1 is 1.32 bits per heavy atom. The zero-order chi connectivity index (χ0) is 16.9. The van der Waals surface area contributed by atoms with Crippen LogP contribution in [0.4, 0.5) is 10.5 Å². The standard InChI is InChI=1S/C16H23NO5/c1-10(14(19)20)5-6-11-7-8-13(18)12(9-11)17-15(21)22-16(2,3)4/h7-10,18H,5-6H2,1-4H3,(H,17,21)(H,19,20). The summed E-state index contributed by atoms with van der Waals surface area (Å²) >= 11 is 0. The Hall–Kier alpha value is -2.24. The molecule has 122 valence electrons. The number of nitrogens with one attached hydrogen (secondary N) is 1. The number of hydrogen-bond acceptors (Lipinski definition) is 4. The van der Waals surface area contributed by atoms with Crippen LogP contribution in [0.2, 0.25) is 0 Å². The van der Waals surface area contributed by atoms with E-state index in [4.69, 9.17) is 9.84 Å². The number of benzene rings is 1. The first kappa shape index (κ1) is 17.8. The van der Waals surface area contributed by atoms with Gasteiger partial charge in [0, 0.05) is 0 Å². The van der Waals surface area contributed by atoms with Crippen LogP contribution in [0.1, 0.15) is 39.7 Å².